The van der Waals surface area contributed by atoms with Gasteiger partial charge in [-0.25, -0.2) is 9.97 Å². The normalized spacial score (nSPS) is 20.2. The molecule has 21 heavy (non-hydrogen) atoms. The predicted molar refractivity (Wildman–Crippen MR) is 82.4 cm³/mol. The Morgan fingerprint density at radius 2 is 2.43 bits per heavy atom. The van der Waals surface area contributed by atoms with Gasteiger partial charge in [-0.2, -0.15) is 0 Å². The standard InChI is InChI=1S/C14H23N3O3S/c1-10(9-20-12-5-3-4-6-19-12)16-13-11(8-18)7-15-14(17-13)21-2/h7,10,12,18H,3-6,8-9H2,1-2H3,(H,15,16,17). The molecule has 2 rings (SSSR count). The molecule has 1 aromatic heterocycles. The van der Waals surface area contributed by atoms with Crippen LogP contribution in [0, 0.1) is 0 Å². The molecule has 7 heteroatoms. The number of anilines is 1. The third-order valence-electron chi connectivity index (χ3n) is 3.25. The van der Waals surface area contributed by atoms with Crippen molar-refractivity contribution in [2.75, 3.05) is 24.8 Å². The van der Waals surface area contributed by atoms with Crippen molar-refractivity contribution in [2.45, 2.75) is 50.3 Å². The van der Waals surface area contributed by atoms with E-state index in [1.54, 1.807) is 6.20 Å². The molecule has 0 bridgehead atoms. The zero-order valence-corrected chi connectivity index (χ0v) is 13.4. The van der Waals surface area contributed by atoms with Gasteiger partial charge in [-0.3, -0.25) is 0 Å². The number of nitrogens with one attached hydrogen (secondary N) is 1. The zero-order valence-electron chi connectivity index (χ0n) is 12.5. The first-order valence-electron chi connectivity index (χ1n) is 7.23. The fraction of sp³-hybridized carbons (Fsp3) is 0.714. The maximum atomic E-state index is 9.35. The Balaban J connectivity index is 1.87. The van der Waals surface area contributed by atoms with Crippen LogP contribution in [0.15, 0.2) is 11.4 Å². The number of thioether (sulfide) groups is 1. The van der Waals surface area contributed by atoms with Crippen molar-refractivity contribution in [1.82, 2.24) is 9.97 Å². The summed E-state index contributed by atoms with van der Waals surface area (Å²) >= 11 is 1.47. The lowest BCUT2D eigenvalue weighted by Crippen LogP contribution is -2.29. The van der Waals surface area contributed by atoms with Crippen molar-refractivity contribution in [1.29, 1.82) is 0 Å². The molecule has 118 valence electrons. The van der Waals surface area contributed by atoms with Crippen LogP contribution >= 0.6 is 11.8 Å². The highest BCUT2D eigenvalue weighted by Gasteiger charge is 2.16. The average Bonchev–Trinajstić information content (AvgIpc) is 2.54. The third kappa shape index (κ3) is 5.10. The van der Waals surface area contributed by atoms with E-state index in [-0.39, 0.29) is 18.9 Å². The number of rotatable bonds is 7. The first-order chi connectivity index (χ1) is 10.2. The van der Waals surface area contributed by atoms with Crippen LogP contribution < -0.4 is 5.32 Å². The number of nitrogens with zero attached hydrogens (tertiary/aromatic N) is 2. The maximum Gasteiger partial charge on any atom is 0.189 e. The Morgan fingerprint density at radius 3 is 3.10 bits per heavy atom. The minimum absolute atomic E-state index is 0.0745. The Bertz CT molecular complexity index is 441. The average molecular weight is 313 g/mol. The van der Waals surface area contributed by atoms with Gasteiger partial charge in [-0.05, 0) is 32.4 Å². The number of hydrogen-bond acceptors (Lipinski definition) is 7. The summed E-state index contributed by atoms with van der Waals surface area (Å²) in [5.74, 6) is 0.664. The predicted octanol–water partition coefficient (Wildman–Crippen LogP) is 2.03. The fourth-order valence-corrected chi connectivity index (χ4v) is 2.44. The fourth-order valence-electron chi connectivity index (χ4n) is 2.10. The molecule has 1 aliphatic heterocycles. The van der Waals surface area contributed by atoms with Gasteiger partial charge in [0, 0.05) is 24.4 Å². The van der Waals surface area contributed by atoms with Crippen LogP contribution in [0.25, 0.3) is 0 Å². The Hall–Kier alpha value is -0.890. The van der Waals surface area contributed by atoms with Crippen LogP contribution in [0.5, 0.6) is 0 Å². The molecule has 0 aliphatic carbocycles. The van der Waals surface area contributed by atoms with Crippen molar-refractivity contribution in [3.63, 3.8) is 0 Å². The van der Waals surface area contributed by atoms with Crippen LogP contribution in [0.2, 0.25) is 0 Å². The lowest BCUT2D eigenvalue weighted by molar-refractivity contribution is -0.163. The van der Waals surface area contributed by atoms with Crippen LogP contribution in [0.1, 0.15) is 31.7 Å². The molecule has 2 N–H and O–H groups in total. The highest BCUT2D eigenvalue weighted by Crippen LogP contribution is 2.18. The zero-order chi connectivity index (χ0) is 15.1. The number of ether oxygens (including phenoxy) is 2. The van der Waals surface area contributed by atoms with Gasteiger partial charge in [-0.15, -0.1) is 0 Å². The number of aromatic nitrogens is 2. The van der Waals surface area contributed by atoms with E-state index in [0.29, 0.717) is 23.1 Å². The van der Waals surface area contributed by atoms with Crippen LogP contribution in [0.3, 0.4) is 0 Å². The molecule has 1 aromatic rings. The topological polar surface area (TPSA) is 76.5 Å². The summed E-state index contributed by atoms with van der Waals surface area (Å²) in [7, 11) is 0. The van der Waals surface area contributed by atoms with Crippen molar-refractivity contribution >= 4 is 17.6 Å². The Labute approximate surface area is 129 Å². The second kappa shape index (κ2) is 8.53. The van der Waals surface area contributed by atoms with E-state index in [0.717, 1.165) is 25.9 Å². The van der Waals surface area contributed by atoms with Gasteiger partial charge >= 0.3 is 0 Å². The number of aliphatic hydroxyl groups is 1. The highest BCUT2D eigenvalue weighted by molar-refractivity contribution is 7.98. The highest BCUT2D eigenvalue weighted by atomic mass is 32.2. The SMILES string of the molecule is CSc1ncc(CO)c(NC(C)COC2CCCCO2)n1. The third-order valence-corrected chi connectivity index (χ3v) is 3.81. The molecule has 2 unspecified atom stereocenters. The van der Waals surface area contributed by atoms with Gasteiger partial charge in [0.25, 0.3) is 0 Å². The smallest absolute Gasteiger partial charge is 0.189 e. The maximum absolute atomic E-state index is 9.35. The molecule has 0 aromatic carbocycles. The first kappa shape index (κ1) is 16.5. The molecule has 0 radical (unpaired) electrons. The van der Waals surface area contributed by atoms with Crippen LogP contribution in [-0.4, -0.2) is 46.9 Å². The van der Waals surface area contributed by atoms with Gasteiger partial charge in [0.15, 0.2) is 11.4 Å². The Morgan fingerprint density at radius 1 is 1.57 bits per heavy atom. The van der Waals surface area contributed by atoms with E-state index >= 15 is 0 Å². The van der Waals surface area contributed by atoms with Crippen LogP contribution in [-0.2, 0) is 16.1 Å². The van der Waals surface area contributed by atoms with E-state index in [2.05, 4.69) is 15.3 Å². The molecular weight excluding hydrogens is 290 g/mol. The minimum atomic E-state index is -0.0903. The molecule has 2 heterocycles. The van der Waals surface area contributed by atoms with Crippen LogP contribution in [0.4, 0.5) is 5.82 Å². The molecule has 0 saturated carbocycles. The minimum Gasteiger partial charge on any atom is -0.391 e. The summed E-state index contributed by atoms with van der Waals surface area (Å²) < 4.78 is 11.3. The Kier molecular flexibility index (Phi) is 6.69. The summed E-state index contributed by atoms with van der Waals surface area (Å²) in [5.41, 5.74) is 0.688. The molecule has 1 fully saturated rings. The molecule has 2 atom stereocenters. The lowest BCUT2D eigenvalue weighted by atomic mass is 10.2. The van der Waals surface area contributed by atoms with E-state index < -0.39 is 0 Å². The largest absolute Gasteiger partial charge is 0.391 e. The van der Waals surface area contributed by atoms with E-state index in [9.17, 15) is 5.11 Å². The van der Waals surface area contributed by atoms with Gasteiger partial charge in [0.1, 0.15) is 5.82 Å². The summed E-state index contributed by atoms with van der Waals surface area (Å²) in [6, 6.07) is 0.0745. The molecule has 1 saturated heterocycles. The van der Waals surface area contributed by atoms with Crippen molar-refractivity contribution < 1.29 is 14.6 Å². The van der Waals surface area contributed by atoms with Gasteiger partial charge in [0.05, 0.1) is 13.2 Å². The number of hydrogen-bond donors (Lipinski definition) is 2. The van der Waals surface area contributed by atoms with Crippen molar-refractivity contribution in [2.24, 2.45) is 0 Å². The van der Waals surface area contributed by atoms with Crippen molar-refractivity contribution in [3.05, 3.63) is 11.8 Å². The van der Waals surface area contributed by atoms with E-state index in [1.165, 1.54) is 11.8 Å². The summed E-state index contributed by atoms with van der Waals surface area (Å²) in [4.78, 5) is 8.55. The lowest BCUT2D eigenvalue weighted by Gasteiger charge is -2.25. The van der Waals surface area contributed by atoms with Gasteiger partial charge in [0.2, 0.25) is 0 Å². The first-order valence-corrected chi connectivity index (χ1v) is 8.46. The molecule has 1 aliphatic rings. The molecule has 0 amide bonds. The van der Waals surface area contributed by atoms with Gasteiger partial charge < -0.3 is 19.9 Å². The summed E-state index contributed by atoms with van der Waals surface area (Å²) in [6.45, 7) is 3.25. The van der Waals surface area contributed by atoms with Crippen molar-refractivity contribution in [3.8, 4) is 0 Å². The number of aliphatic hydroxyl groups excluding tert-OH is 1. The van der Waals surface area contributed by atoms with E-state index in [1.807, 2.05) is 13.2 Å². The molecule has 0 spiro atoms. The van der Waals surface area contributed by atoms with E-state index in [4.69, 9.17) is 9.47 Å². The summed E-state index contributed by atoms with van der Waals surface area (Å²) in [6.07, 6.45) is 6.71. The van der Waals surface area contributed by atoms with Gasteiger partial charge in [-0.1, -0.05) is 11.8 Å². The monoisotopic (exact) mass is 313 g/mol. The second-order valence-corrected chi connectivity index (χ2v) is 5.84. The summed E-state index contributed by atoms with van der Waals surface area (Å²) in [5, 5.41) is 13.3. The quantitative estimate of drug-likeness (QED) is 0.589. The molecule has 6 nitrogen and oxygen atoms in total. The molecular formula is C14H23N3O3S. The second-order valence-electron chi connectivity index (χ2n) is 5.06.